The molecule has 0 spiro atoms. The van der Waals surface area contributed by atoms with Gasteiger partial charge in [-0.1, -0.05) is 0 Å². The van der Waals surface area contributed by atoms with Gasteiger partial charge in [0.25, 0.3) is 5.91 Å². The van der Waals surface area contributed by atoms with Crippen LogP contribution in [0.1, 0.15) is 16.1 Å². The molecule has 7 heteroatoms. The van der Waals surface area contributed by atoms with Crippen LogP contribution >= 0.6 is 0 Å². The van der Waals surface area contributed by atoms with Crippen molar-refractivity contribution in [3.63, 3.8) is 0 Å². The molecule has 0 unspecified atom stereocenters. The first-order chi connectivity index (χ1) is 10.8. The van der Waals surface area contributed by atoms with Gasteiger partial charge in [0.2, 0.25) is 5.95 Å². The third-order valence-electron chi connectivity index (χ3n) is 3.37. The van der Waals surface area contributed by atoms with Crippen molar-refractivity contribution in [2.75, 3.05) is 31.2 Å². The van der Waals surface area contributed by atoms with E-state index >= 15 is 0 Å². The predicted octanol–water partition coefficient (Wildman–Crippen LogP) is 0.638. The Morgan fingerprint density at radius 3 is 2.73 bits per heavy atom. The second-order valence-electron chi connectivity index (χ2n) is 4.87. The van der Waals surface area contributed by atoms with E-state index in [1.54, 1.807) is 36.8 Å². The summed E-state index contributed by atoms with van der Waals surface area (Å²) in [5, 5.41) is 2.85. The Kier molecular flexibility index (Phi) is 4.55. The molecule has 1 amide bonds. The number of ether oxygens (including phenoxy) is 1. The monoisotopic (exact) mass is 299 g/mol. The molecule has 1 fully saturated rings. The van der Waals surface area contributed by atoms with Gasteiger partial charge in [0.15, 0.2) is 0 Å². The molecular formula is C15H17N5O2. The molecule has 0 aromatic carbocycles. The lowest BCUT2D eigenvalue weighted by Gasteiger charge is -2.26. The average Bonchev–Trinajstić information content (AvgIpc) is 2.61. The summed E-state index contributed by atoms with van der Waals surface area (Å²) in [6, 6.07) is 5.15. The van der Waals surface area contributed by atoms with Crippen molar-refractivity contribution in [1.29, 1.82) is 0 Å². The van der Waals surface area contributed by atoms with Crippen LogP contribution in [0.4, 0.5) is 5.95 Å². The number of hydrogen-bond donors (Lipinski definition) is 1. The standard InChI is InChI=1S/C15H17N5O2/c21-14(12-1-4-16-5-2-12)18-11-13-3-6-17-15(19-13)20-7-9-22-10-8-20/h1-6H,7-11H2,(H,18,21). The summed E-state index contributed by atoms with van der Waals surface area (Å²) in [5.41, 5.74) is 1.36. The van der Waals surface area contributed by atoms with E-state index in [2.05, 4.69) is 25.2 Å². The molecule has 1 aliphatic rings. The third-order valence-corrected chi connectivity index (χ3v) is 3.37. The number of hydrogen-bond acceptors (Lipinski definition) is 6. The van der Waals surface area contributed by atoms with Gasteiger partial charge in [-0.15, -0.1) is 0 Å². The van der Waals surface area contributed by atoms with E-state index in [0.717, 1.165) is 18.8 Å². The third kappa shape index (κ3) is 3.56. The maximum atomic E-state index is 12.0. The van der Waals surface area contributed by atoms with Crippen molar-refractivity contribution < 1.29 is 9.53 Å². The Labute approximate surface area is 128 Å². The fraction of sp³-hybridized carbons (Fsp3) is 0.333. The van der Waals surface area contributed by atoms with Crippen LogP contribution in [-0.4, -0.2) is 47.2 Å². The van der Waals surface area contributed by atoms with Crippen LogP contribution in [0.25, 0.3) is 0 Å². The maximum Gasteiger partial charge on any atom is 0.251 e. The van der Waals surface area contributed by atoms with Crippen molar-refractivity contribution in [3.05, 3.63) is 48.0 Å². The first kappa shape index (κ1) is 14.4. The van der Waals surface area contributed by atoms with Crippen LogP contribution in [0.5, 0.6) is 0 Å². The largest absolute Gasteiger partial charge is 0.378 e. The number of nitrogens with one attached hydrogen (secondary N) is 1. The first-order valence-electron chi connectivity index (χ1n) is 7.16. The van der Waals surface area contributed by atoms with E-state index in [4.69, 9.17) is 4.74 Å². The Balaban J connectivity index is 1.62. The number of pyridine rings is 1. The summed E-state index contributed by atoms with van der Waals surface area (Å²) < 4.78 is 5.32. The second kappa shape index (κ2) is 6.95. The Bertz CT molecular complexity index is 629. The molecule has 114 valence electrons. The minimum atomic E-state index is -0.145. The molecule has 2 aromatic heterocycles. The Hall–Kier alpha value is -2.54. The molecule has 0 aliphatic carbocycles. The SMILES string of the molecule is O=C(NCc1ccnc(N2CCOCC2)n1)c1ccncc1. The average molecular weight is 299 g/mol. The number of amides is 1. The molecule has 0 atom stereocenters. The van der Waals surface area contributed by atoms with Crippen molar-refractivity contribution in [1.82, 2.24) is 20.3 Å². The summed E-state index contributed by atoms with van der Waals surface area (Å²) in [5.74, 6) is 0.535. The summed E-state index contributed by atoms with van der Waals surface area (Å²) in [4.78, 5) is 26.8. The predicted molar refractivity (Wildman–Crippen MR) is 80.5 cm³/mol. The highest BCUT2D eigenvalue weighted by molar-refractivity contribution is 5.93. The van der Waals surface area contributed by atoms with Gasteiger partial charge in [-0.2, -0.15) is 0 Å². The molecule has 7 nitrogen and oxygen atoms in total. The summed E-state index contributed by atoms with van der Waals surface area (Å²) >= 11 is 0. The van der Waals surface area contributed by atoms with Crippen molar-refractivity contribution in [2.45, 2.75) is 6.54 Å². The van der Waals surface area contributed by atoms with E-state index in [1.165, 1.54) is 0 Å². The smallest absolute Gasteiger partial charge is 0.251 e. The molecule has 3 heterocycles. The zero-order chi connectivity index (χ0) is 15.2. The van der Waals surface area contributed by atoms with Crippen LogP contribution in [0, 0.1) is 0 Å². The lowest BCUT2D eigenvalue weighted by Crippen LogP contribution is -2.37. The van der Waals surface area contributed by atoms with Gasteiger partial charge in [-0.25, -0.2) is 9.97 Å². The maximum absolute atomic E-state index is 12.0. The molecular weight excluding hydrogens is 282 g/mol. The van der Waals surface area contributed by atoms with E-state index in [-0.39, 0.29) is 5.91 Å². The quantitative estimate of drug-likeness (QED) is 0.892. The normalized spacial score (nSPS) is 14.6. The molecule has 0 saturated carbocycles. The van der Waals surface area contributed by atoms with Gasteiger partial charge < -0.3 is 15.0 Å². The topological polar surface area (TPSA) is 80.2 Å². The zero-order valence-corrected chi connectivity index (χ0v) is 12.1. The highest BCUT2D eigenvalue weighted by atomic mass is 16.5. The summed E-state index contributed by atoms with van der Waals surface area (Å²) in [6.45, 7) is 3.30. The highest BCUT2D eigenvalue weighted by Gasteiger charge is 2.14. The summed E-state index contributed by atoms with van der Waals surface area (Å²) in [6.07, 6.45) is 4.90. The number of morpholine rings is 1. The zero-order valence-electron chi connectivity index (χ0n) is 12.1. The number of rotatable bonds is 4. The number of carbonyl (C=O) groups excluding carboxylic acids is 1. The Morgan fingerprint density at radius 1 is 1.18 bits per heavy atom. The highest BCUT2D eigenvalue weighted by Crippen LogP contribution is 2.09. The van der Waals surface area contributed by atoms with Crippen LogP contribution in [0.3, 0.4) is 0 Å². The van der Waals surface area contributed by atoms with Gasteiger partial charge in [0.05, 0.1) is 25.5 Å². The second-order valence-corrected chi connectivity index (χ2v) is 4.87. The van der Waals surface area contributed by atoms with Crippen LogP contribution < -0.4 is 10.2 Å². The number of carbonyl (C=O) groups is 1. The minimum Gasteiger partial charge on any atom is -0.378 e. The van der Waals surface area contributed by atoms with E-state index in [9.17, 15) is 4.79 Å². The van der Waals surface area contributed by atoms with Crippen LogP contribution in [-0.2, 0) is 11.3 Å². The molecule has 1 saturated heterocycles. The molecule has 3 rings (SSSR count). The number of aromatic nitrogens is 3. The van der Waals surface area contributed by atoms with Crippen LogP contribution in [0.15, 0.2) is 36.8 Å². The molecule has 22 heavy (non-hydrogen) atoms. The molecule has 1 aliphatic heterocycles. The van der Waals surface area contributed by atoms with E-state index in [0.29, 0.717) is 31.3 Å². The fourth-order valence-electron chi connectivity index (χ4n) is 2.17. The van der Waals surface area contributed by atoms with Gasteiger partial charge in [0, 0.05) is 37.2 Å². The van der Waals surface area contributed by atoms with Gasteiger partial charge in [-0.05, 0) is 18.2 Å². The minimum absolute atomic E-state index is 0.145. The van der Waals surface area contributed by atoms with Gasteiger partial charge in [0.1, 0.15) is 0 Å². The van der Waals surface area contributed by atoms with Crippen molar-refractivity contribution in [2.24, 2.45) is 0 Å². The molecule has 1 N–H and O–H groups in total. The Morgan fingerprint density at radius 2 is 1.95 bits per heavy atom. The van der Waals surface area contributed by atoms with E-state index < -0.39 is 0 Å². The lowest BCUT2D eigenvalue weighted by atomic mass is 10.2. The van der Waals surface area contributed by atoms with Gasteiger partial charge in [-0.3, -0.25) is 9.78 Å². The molecule has 2 aromatic rings. The van der Waals surface area contributed by atoms with E-state index in [1.807, 2.05) is 0 Å². The van der Waals surface area contributed by atoms with Gasteiger partial charge >= 0.3 is 0 Å². The van der Waals surface area contributed by atoms with Crippen molar-refractivity contribution >= 4 is 11.9 Å². The molecule has 0 bridgehead atoms. The number of anilines is 1. The van der Waals surface area contributed by atoms with Crippen molar-refractivity contribution in [3.8, 4) is 0 Å². The first-order valence-corrected chi connectivity index (χ1v) is 7.16. The molecule has 0 radical (unpaired) electrons. The number of nitrogens with zero attached hydrogens (tertiary/aromatic N) is 4. The lowest BCUT2D eigenvalue weighted by molar-refractivity contribution is 0.0950. The fourth-order valence-corrected chi connectivity index (χ4v) is 2.17. The van der Waals surface area contributed by atoms with Crippen LogP contribution in [0.2, 0.25) is 0 Å². The summed E-state index contributed by atoms with van der Waals surface area (Å²) in [7, 11) is 0.